The minimum absolute atomic E-state index is 0.0509. The van der Waals surface area contributed by atoms with Crippen molar-refractivity contribution in [1.82, 2.24) is 14.4 Å². The number of hydrogen-bond donors (Lipinski definition) is 0. The Hall–Kier alpha value is -2.80. The van der Waals surface area contributed by atoms with Crippen molar-refractivity contribution >= 4 is 35.0 Å². The van der Waals surface area contributed by atoms with Gasteiger partial charge in [-0.3, -0.25) is 9.59 Å². The molecule has 0 aliphatic heterocycles. The molecule has 0 aliphatic carbocycles. The molecule has 0 N–H and O–H groups in total. The van der Waals surface area contributed by atoms with Gasteiger partial charge >= 0.3 is 0 Å². The number of aryl methyl sites for hydroxylation is 1. The van der Waals surface area contributed by atoms with Crippen molar-refractivity contribution < 1.29 is 14.3 Å². The maximum Gasteiger partial charge on any atom is 0.254 e. The van der Waals surface area contributed by atoms with Crippen LogP contribution >= 0.6 is 23.2 Å². The van der Waals surface area contributed by atoms with Gasteiger partial charge in [-0.25, -0.2) is 0 Å². The van der Waals surface area contributed by atoms with E-state index in [1.165, 1.54) is 22.1 Å². The normalized spacial score (nSPS) is 10.9. The third-order valence-corrected chi connectivity index (χ3v) is 6.93. The molecule has 198 valence electrons. The molecule has 37 heavy (non-hydrogen) atoms. The molecule has 2 aromatic carbocycles. The summed E-state index contributed by atoms with van der Waals surface area (Å²) in [5, 5.41) is 0.668. The summed E-state index contributed by atoms with van der Waals surface area (Å²) >= 11 is 12.2. The molecular formula is C29H35Cl2N3O3. The molecule has 1 aromatic heterocycles. The van der Waals surface area contributed by atoms with Crippen LogP contribution in [0, 0.1) is 6.92 Å². The number of carbonyl (C=O) groups is 2. The number of carbonyl (C=O) groups excluding carboxylic acids is 2. The van der Waals surface area contributed by atoms with Crippen LogP contribution in [0.4, 0.5) is 0 Å². The molecule has 0 saturated carbocycles. The molecule has 0 atom stereocenters. The van der Waals surface area contributed by atoms with E-state index in [-0.39, 0.29) is 24.9 Å². The number of halogens is 2. The molecule has 0 unspecified atom stereocenters. The molecule has 0 spiro atoms. The van der Waals surface area contributed by atoms with E-state index in [2.05, 4.69) is 42.7 Å². The van der Waals surface area contributed by atoms with Crippen LogP contribution in [0.25, 0.3) is 0 Å². The van der Waals surface area contributed by atoms with E-state index >= 15 is 0 Å². The molecule has 0 bridgehead atoms. The predicted molar refractivity (Wildman–Crippen MR) is 149 cm³/mol. The first kappa shape index (κ1) is 28.8. The zero-order chi connectivity index (χ0) is 26.8. The van der Waals surface area contributed by atoms with Gasteiger partial charge in [0.2, 0.25) is 5.91 Å². The summed E-state index contributed by atoms with van der Waals surface area (Å²) in [6.07, 6.45) is 3.88. The number of hydrogen-bond acceptors (Lipinski definition) is 3. The van der Waals surface area contributed by atoms with Gasteiger partial charge in [-0.2, -0.15) is 0 Å². The van der Waals surface area contributed by atoms with E-state index in [9.17, 15) is 9.59 Å². The van der Waals surface area contributed by atoms with Gasteiger partial charge in [0.05, 0.1) is 23.2 Å². The van der Waals surface area contributed by atoms with Crippen molar-refractivity contribution in [3.05, 3.63) is 93.2 Å². The Morgan fingerprint density at radius 1 is 0.973 bits per heavy atom. The second kappa shape index (κ2) is 14.2. The Morgan fingerprint density at radius 3 is 2.49 bits per heavy atom. The van der Waals surface area contributed by atoms with E-state index in [0.717, 1.165) is 25.1 Å². The second-order valence-electron chi connectivity index (χ2n) is 9.13. The summed E-state index contributed by atoms with van der Waals surface area (Å²) in [5.74, 6) is -0.400. The standard InChI is InChI=1S/C29H35Cl2N3O3/c1-4-5-13-33(20-25-10-7-14-32(25)19-23-9-6-8-22(2)17-23)28(35)21-34(15-16-37-3)29(36)24-11-12-26(30)27(31)18-24/h6-12,14,17-18H,4-5,13,15-16,19-21H2,1-3H3. The van der Waals surface area contributed by atoms with Crippen LogP contribution in [0.2, 0.25) is 10.0 Å². The first-order chi connectivity index (χ1) is 17.8. The highest BCUT2D eigenvalue weighted by molar-refractivity contribution is 6.42. The summed E-state index contributed by atoms with van der Waals surface area (Å²) in [5.41, 5.74) is 3.85. The molecule has 8 heteroatoms. The summed E-state index contributed by atoms with van der Waals surface area (Å²) < 4.78 is 7.38. The second-order valence-corrected chi connectivity index (χ2v) is 9.95. The van der Waals surface area contributed by atoms with Crippen LogP contribution in [0.1, 0.15) is 46.9 Å². The van der Waals surface area contributed by atoms with Crippen molar-refractivity contribution in [3.8, 4) is 0 Å². The van der Waals surface area contributed by atoms with E-state index in [1.54, 1.807) is 19.2 Å². The largest absolute Gasteiger partial charge is 0.383 e. The first-order valence-corrected chi connectivity index (χ1v) is 13.3. The zero-order valence-corrected chi connectivity index (χ0v) is 23.3. The van der Waals surface area contributed by atoms with Gasteiger partial charge in [0.25, 0.3) is 5.91 Å². The van der Waals surface area contributed by atoms with Gasteiger partial charge in [0.1, 0.15) is 6.54 Å². The van der Waals surface area contributed by atoms with Crippen molar-refractivity contribution in [3.63, 3.8) is 0 Å². The highest BCUT2D eigenvalue weighted by Gasteiger charge is 2.23. The molecule has 0 radical (unpaired) electrons. The van der Waals surface area contributed by atoms with Gasteiger partial charge in [-0.1, -0.05) is 66.4 Å². The van der Waals surface area contributed by atoms with Crippen LogP contribution in [0.5, 0.6) is 0 Å². The Labute approximate surface area is 229 Å². The lowest BCUT2D eigenvalue weighted by Gasteiger charge is -2.28. The van der Waals surface area contributed by atoms with Crippen LogP contribution in [0.3, 0.4) is 0 Å². The highest BCUT2D eigenvalue weighted by Crippen LogP contribution is 2.23. The van der Waals surface area contributed by atoms with Crippen LogP contribution in [0.15, 0.2) is 60.8 Å². The Kier molecular flexibility index (Phi) is 11.1. The number of methoxy groups -OCH3 is 1. The Morgan fingerprint density at radius 2 is 1.78 bits per heavy atom. The lowest BCUT2D eigenvalue weighted by Crippen LogP contribution is -2.44. The number of aromatic nitrogens is 1. The molecule has 3 aromatic rings. The smallest absolute Gasteiger partial charge is 0.254 e. The molecule has 6 nitrogen and oxygen atoms in total. The van der Waals surface area contributed by atoms with Crippen molar-refractivity contribution in [2.24, 2.45) is 0 Å². The number of rotatable bonds is 13. The summed E-state index contributed by atoms with van der Waals surface area (Å²) in [6.45, 7) is 6.55. The lowest BCUT2D eigenvalue weighted by atomic mass is 10.1. The monoisotopic (exact) mass is 543 g/mol. The topological polar surface area (TPSA) is 54.8 Å². The summed E-state index contributed by atoms with van der Waals surface area (Å²) in [6, 6.07) is 17.2. The summed E-state index contributed by atoms with van der Waals surface area (Å²) in [7, 11) is 1.57. The molecule has 1 heterocycles. The minimum Gasteiger partial charge on any atom is -0.383 e. The van der Waals surface area contributed by atoms with E-state index in [1.807, 2.05) is 23.2 Å². The number of nitrogens with zero attached hydrogens (tertiary/aromatic N) is 3. The number of benzene rings is 2. The third-order valence-electron chi connectivity index (χ3n) is 6.19. The Balaban J connectivity index is 1.77. The van der Waals surface area contributed by atoms with Crippen molar-refractivity contribution in [2.75, 3.05) is 33.4 Å². The third kappa shape index (κ3) is 8.35. The van der Waals surface area contributed by atoms with Gasteiger partial charge in [-0.15, -0.1) is 0 Å². The van der Waals surface area contributed by atoms with E-state index < -0.39 is 0 Å². The van der Waals surface area contributed by atoms with Gasteiger partial charge < -0.3 is 19.1 Å². The zero-order valence-electron chi connectivity index (χ0n) is 21.8. The van der Waals surface area contributed by atoms with Crippen LogP contribution in [-0.4, -0.2) is 59.5 Å². The average Bonchev–Trinajstić information content (AvgIpc) is 3.31. The number of unbranched alkanes of at least 4 members (excludes halogenated alkanes) is 1. The quantitative estimate of drug-likeness (QED) is 0.263. The molecule has 3 rings (SSSR count). The molecular weight excluding hydrogens is 509 g/mol. The fourth-order valence-electron chi connectivity index (χ4n) is 4.12. The molecule has 2 amide bonds. The van der Waals surface area contributed by atoms with Crippen molar-refractivity contribution in [2.45, 2.75) is 39.8 Å². The first-order valence-electron chi connectivity index (χ1n) is 12.5. The summed E-state index contributed by atoms with van der Waals surface area (Å²) in [4.78, 5) is 30.2. The predicted octanol–water partition coefficient (Wildman–Crippen LogP) is 6.07. The molecule has 0 aliphatic rings. The van der Waals surface area contributed by atoms with Gasteiger partial charge in [0.15, 0.2) is 0 Å². The number of ether oxygens (including phenoxy) is 1. The highest BCUT2D eigenvalue weighted by atomic mass is 35.5. The molecule has 0 fully saturated rings. The van der Waals surface area contributed by atoms with Gasteiger partial charge in [0, 0.05) is 44.2 Å². The maximum atomic E-state index is 13.6. The fraction of sp³-hybridized carbons (Fsp3) is 0.379. The van der Waals surface area contributed by atoms with Crippen LogP contribution < -0.4 is 0 Å². The lowest BCUT2D eigenvalue weighted by molar-refractivity contribution is -0.132. The average molecular weight is 545 g/mol. The maximum absolute atomic E-state index is 13.6. The minimum atomic E-state index is -0.290. The molecule has 0 saturated heterocycles. The van der Waals surface area contributed by atoms with Gasteiger partial charge in [-0.05, 0) is 49.2 Å². The SMILES string of the molecule is CCCCN(Cc1cccn1Cc1cccc(C)c1)C(=O)CN(CCOC)C(=O)c1ccc(Cl)c(Cl)c1. The number of amides is 2. The van der Waals surface area contributed by atoms with E-state index in [4.69, 9.17) is 27.9 Å². The van der Waals surface area contributed by atoms with Crippen LogP contribution in [-0.2, 0) is 22.6 Å². The van der Waals surface area contributed by atoms with Crippen molar-refractivity contribution in [1.29, 1.82) is 0 Å². The van der Waals surface area contributed by atoms with E-state index in [0.29, 0.717) is 35.3 Å². The Bertz CT molecular complexity index is 1190. The fourth-order valence-corrected chi connectivity index (χ4v) is 4.42.